The number of halogens is 1. The summed E-state index contributed by atoms with van der Waals surface area (Å²) < 4.78 is 12.9. The molecule has 2 aromatic carbocycles. The predicted molar refractivity (Wildman–Crippen MR) is 130 cm³/mol. The van der Waals surface area contributed by atoms with Crippen LogP contribution in [0.3, 0.4) is 0 Å². The third-order valence-corrected chi connectivity index (χ3v) is 6.13. The SMILES string of the molecule is CCOc1ccc(NC(=O)C(C)Sc2nnc(-c3ccc(Cl)cc3)n2Cc2ccco2)cc1. The van der Waals surface area contributed by atoms with Crippen LogP contribution in [0.2, 0.25) is 5.02 Å². The number of rotatable bonds is 9. The van der Waals surface area contributed by atoms with E-state index in [9.17, 15) is 4.79 Å². The first-order valence-corrected chi connectivity index (χ1v) is 11.7. The minimum absolute atomic E-state index is 0.134. The molecule has 0 saturated heterocycles. The molecule has 4 rings (SSSR count). The summed E-state index contributed by atoms with van der Waals surface area (Å²) in [5.41, 5.74) is 1.58. The quantitative estimate of drug-likeness (QED) is 0.305. The van der Waals surface area contributed by atoms with E-state index in [0.717, 1.165) is 17.1 Å². The molecule has 0 aliphatic carbocycles. The molecule has 0 bridgehead atoms. The molecule has 4 aromatic rings. The first-order valence-electron chi connectivity index (χ1n) is 10.5. The van der Waals surface area contributed by atoms with E-state index in [0.29, 0.717) is 34.8 Å². The van der Waals surface area contributed by atoms with Crippen LogP contribution in [0, 0.1) is 0 Å². The Morgan fingerprint density at radius 2 is 1.91 bits per heavy atom. The van der Waals surface area contributed by atoms with Crippen LogP contribution in [0.25, 0.3) is 11.4 Å². The van der Waals surface area contributed by atoms with E-state index in [-0.39, 0.29) is 5.91 Å². The number of furan rings is 1. The van der Waals surface area contributed by atoms with Crippen molar-refractivity contribution in [3.05, 3.63) is 77.7 Å². The van der Waals surface area contributed by atoms with Crippen molar-refractivity contribution in [2.24, 2.45) is 0 Å². The van der Waals surface area contributed by atoms with Gasteiger partial charge >= 0.3 is 0 Å². The van der Waals surface area contributed by atoms with Crippen molar-refractivity contribution in [1.82, 2.24) is 14.8 Å². The summed E-state index contributed by atoms with van der Waals surface area (Å²) in [6, 6.07) is 18.4. The summed E-state index contributed by atoms with van der Waals surface area (Å²) in [5.74, 6) is 2.06. The molecule has 0 aliphatic heterocycles. The van der Waals surface area contributed by atoms with Crippen LogP contribution in [-0.4, -0.2) is 32.5 Å². The Bertz CT molecular complexity index is 1190. The Morgan fingerprint density at radius 3 is 2.58 bits per heavy atom. The molecule has 9 heteroatoms. The summed E-state index contributed by atoms with van der Waals surface area (Å²) in [5, 5.41) is 12.5. The van der Waals surface area contributed by atoms with Gasteiger partial charge in [0.2, 0.25) is 5.91 Å². The van der Waals surface area contributed by atoms with E-state index in [1.54, 1.807) is 6.26 Å². The number of hydrogen-bond donors (Lipinski definition) is 1. The Kier molecular flexibility index (Phi) is 7.36. The maximum atomic E-state index is 12.8. The van der Waals surface area contributed by atoms with Gasteiger partial charge in [-0.3, -0.25) is 9.36 Å². The number of thioether (sulfide) groups is 1. The van der Waals surface area contributed by atoms with Crippen LogP contribution in [0.15, 0.2) is 76.5 Å². The molecule has 0 aliphatic rings. The number of hydrogen-bond acceptors (Lipinski definition) is 6. The summed E-state index contributed by atoms with van der Waals surface area (Å²) in [7, 11) is 0. The molecule has 0 saturated carbocycles. The highest BCUT2D eigenvalue weighted by molar-refractivity contribution is 8.00. The normalized spacial score (nSPS) is 11.8. The van der Waals surface area contributed by atoms with Crippen molar-refractivity contribution in [2.45, 2.75) is 30.8 Å². The number of aromatic nitrogens is 3. The van der Waals surface area contributed by atoms with Crippen LogP contribution in [0.4, 0.5) is 5.69 Å². The molecule has 1 N–H and O–H groups in total. The largest absolute Gasteiger partial charge is 0.494 e. The molecular formula is C24H23ClN4O3S. The predicted octanol–water partition coefficient (Wildman–Crippen LogP) is 5.76. The second-order valence-corrected chi connectivity index (χ2v) is 8.93. The van der Waals surface area contributed by atoms with Crippen molar-refractivity contribution < 1.29 is 13.9 Å². The van der Waals surface area contributed by atoms with Crippen molar-refractivity contribution in [3.63, 3.8) is 0 Å². The highest BCUT2D eigenvalue weighted by atomic mass is 35.5. The summed E-state index contributed by atoms with van der Waals surface area (Å²) >= 11 is 7.37. The van der Waals surface area contributed by atoms with Crippen LogP contribution in [-0.2, 0) is 11.3 Å². The highest BCUT2D eigenvalue weighted by Crippen LogP contribution is 2.29. The highest BCUT2D eigenvalue weighted by Gasteiger charge is 2.22. The molecule has 33 heavy (non-hydrogen) atoms. The van der Waals surface area contributed by atoms with Crippen LogP contribution < -0.4 is 10.1 Å². The molecule has 2 heterocycles. The van der Waals surface area contributed by atoms with Crippen LogP contribution >= 0.6 is 23.4 Å². The standard InChI is InChI=1S/C24H23ClN4O3S/c1-3-31-20-12-10-19(11-13-20)26-23(30)16(2)33-24-28-27-22(17-6-8-18(25)9-7-17)29(24)15-21-5-4-14-32-21/h4-14,16H,3,15H2,1-2H3,(H,26,30). The number of benzene rings is 2. The van der Waals surface area contributed by atoms with Gasteiger partial charge in [0.15, 0.2) is 11.0 Å². The zero-order chi connectivity index (χ0) is 23.2. The number of carbonyl (C=O) groups excluding carboxylic acids is 1. The topological polar surface area (TPSA) is 82.2 Å². The lowest BCUT2D eigenvalue weighted by atomic mass is 10.2. The van der Waals surface area contributed by atoms with Crippen molar-refractivity contribution >= 4 is 35.0 Å². The summed E-state index contributed by atoms with van der Waals surface area (Å²) in [6.07, 6.45) is 1.63. The monoisotopic (exact) mass is 482 g/mol. The first-order chi connectivity index (χ1) is 16.0. The van der Waals surface area contributed by atoms with Gasteiger partial charge in [-0.05, 0) is 74.5 Å². The van der Waals surface area contributed by atoms with Crippen molar-refractivity contribution in [2.75, 3.05) is 11.9 Å². The molecule has 170 valence electrons. The summed E-state index contributed by atoms with van der Waals surface area (Å²) in [6.45, 7) is 4.80. The molecular weight excluding hydrogens is 460 g/mol. The molecule has 0 fully saturated rings. The van der Waals surface area contributed by atoms with Gasteiger partial charge in [-0.1, -0.05) is 23.4 Å². The smallest absolute Gasteiger partial charge is 0.237 e. The van der Waals surface area contributed by atoms with Crippen LogP contribution in [0.1, 0.15) is 19.6 Å². The van der Waals surface area contributed by atoms with Gasteiger partial charge in [0.25, 0.3) is 0 Å². The lowest BCUT2D eigenvalue weighted by Gasteiger charge is -2.14. The van der Waals surface area contributed by atoms with E-state index >= 15 is 0 Å². The fourth-order valence-electron chi connectivity index (χ4n) is 3.15. The average molecular weight is 483 g/mol. The molecule has 1 atom stereocenters. The van der Waals surface area contributed by atoms with Gasteiger partial charge in [0.1, 0.15) is 11.5 Å². The second-order valence-electron chi connectivity index (χ2n) is 7.19. The maximum Gasteiger partial charge on any atom is 0.237 e. The number of nitrogens with one attached hydrogen (secondary N) is 1. The number of amides is 1. The van der Waals surface area contributed by atoms with Gasteiger partial charge in [-0.25, -0.2) is 0 Å². The van der Waals surface area contributed by atoms with Gasteiger partial charge < -0.3 is 14.5 Å². The second kappa shape index (κ2) is 10.6. The van der Waals surface area contributed by atoms with E-state index in [1.165, 1.54) is 11.8 Å². The number of nitrogens with zero attached hydrogens (tertiary/aromatic N) is 3. The van der Waals surface area contributed by atoms with E-state index in [1.807, 2.05) is 79.1 Å². The zero-order valence-corrected chi connectivity index (χ0v) is 19.8. The summed E-state index contributed by atoms with van der Waals surface area (Å²) in [4.78, 5) is 12.8. The lowest BCUT2D eigenvalue weighted by molar-refractivity contribution is -0.115. The van der Waals surface area contributed by atoms with E-state index in [2.05, 4.69) is 15.5 Å². The lowest BCUT2D eigenvalue weighted by Crippen LogP contribution is -2.23. The fraction of sp³-hybridized carbons (Fsp3) is 0.208. The van der Waals surface area contributed by atoms with Gasteiger partial charge in [-0.2, -0.15) is 0 Å². The molecule has 2 aromatic heterocycles. The van der Waals surface area contributed by atoms with Crippen molar-refractivity contribution in [1.29, 1.82) is 0 Å². The molecule has 1 amide bonds. The van der Waals surface area contributed by atoms with Gasteiger partial charge in [0, 0.05) is 16.3 Å². The number of carbonyl (C=O) groups is 1. The van der Waals surface area contributed by atoms with Gasteiger partial charge in [-0.15, -0.1) is 10.2 Å². The Hall–Kier alpha value is -3.23. The third-order valence-electron chi connectivity index (χ3n) is 4.80. The first kappa shape index (κ1) is 22.9. The minimum Gasteiger partial charge on any atom is -0.494 e. The van der Waals surface area contributed by atoms with Crippen LogP contribution in [0.5, 0.6) is 5.75 Å². The maximum absolute atomic E-state index is 12.8. The van der Waals surface area contributed by atoms with Gasteiger partial charge in [0.05, 0.1) is 24.7 Å². The molecule has 1 unspecified atom stereocenters. The number of anilines is 1. The fourth-order valence-corrected chi connectivity index (χ4v) is 4.12. The molecule has 7 nitrogen and oxygen atoms in total. The third kappa shape index (κ3) is 5.77. The zero-order valence-electron chi connectivity index (χ0n) is 18.2. The number of ether oxygens (including phenoxy) is 1. The average Bonchev–Trinajstić information content (AvgIpc) is 3.47. The van der Waals surface area contributed by atoms with E-state index < -0.39 is 5.25 Å². The Labute approximate surface area is 201 Å². The molecule has 0 spiro atoms. The Morgan fingerprint density at radius 1 is 1.15 bits per heavy atom. The van der Waals surface area contributed by atoms with E-state index in [4.69, 9.17) is 20.8 Å². The minimum atomic E-state index is -0.408. The van der Waals surface area contributed by atoms with Crippen molar-refractivity contribution in [3.8, 4) is 17.1 Å². The molecule has 0 radical (unpaired) electrons. The Balaban J connectivity index is 1.52.